The fourth-order valence-electron chi connectivity index (χ4n) is 6.78. The number of nitrogens with zero attached hydrogens (tertiary/aromatic N) is 4. The molecule has 0 amide bonds. The Labute approximate surface area is 272 Å². The van der Waals surface area contributed by atoms with Gasteiger partial charge in [0.2, 0.25) is 5.89 Å². The van der Waals surface area contributed by atoms with E-state index in [1.165, 1.54) is 27.3 Å². The van der Waals surface area contributed by atoms with Gasteiger partial charge in [-0.15, -0.1) is 11.3 Å². The van der Waals surface area contributed by atoms with Gasteiger partial charge in [0.25, 0.3) is 0 Å². The molecule has 5 aromatic rings. The lowest BCUT2D eigenvalue weighted by atomic mass is 9.91. The highest BCUT2D eigenvalue weighted by atomic mass is 35.5. The normalized spacial score (nSPS) is 17.4. The van der Waals surface area contributed by atoms with Crippen molar-refractivity contribution in [2.24, 2.45) is 5.92 Å². The zero-order valence-corrected chi connectivity index (χ0v) is 27.6. The van der Waals surface area contributed by atoms with Gasteiger partial charge in [0.05, 0.1) is 16.6 Å². The summed E-state index contributed by atoms with van der Waals surface area (Å²) >= 11 is 8.53. The fraction of sp³-hybridized carbons (Fsp3) is 0.361. The summed E-state index contributed by atoms with van der Waals surface area (Å²) in [7, 11) is 0. The van der Waals surface area contributed by atoms with Crippen LogP contribution in [0.4, 0.5) is 0 Å². The number of oxazole rings is 1. The van der Waals surface area contributed by atoms with Crippen LogP contribution < -0.4 is 0 Å². The average Bonchev–Trinajstić information content (AvgIpc) is 3.76. The maximum absolute atomic E-state index is 11.4. The van der Waals surface area contributed by atoms with Crippen molar-refractivity contribution in [2.45, 2.75) is 59.7 Å². The van der Waals surface area contributed by atoms with Crippen molar-refractivity contribution < 1.29 is 14.3 Å². The van der Waals surface area contributed by atoms with E-state index in [9.17, 15) is 9.90 Å². The molecule has 232 valence electrons. The van der Waals surface area contributed by atoms with Crippen LogP contribution in [0.3, 0.4) is 0 Å². The number of halogens is 1. The third kappa shape index (κ3) is 5.69. The Morgan fingerprint density at radius 1 is 1.04 bits per heavy atom. The van der Waals surface area contributed by atoms with Gasteiger partial charge < -0.3 is 9.52 Å². The first kappa shape index (κ1) is 30.1. The predicted molar refractivity (Wildman–Crippen MR) is 181 cm³/mol. The van der Waals surface area contributed by atoms with E-state index in [0.29, 0.717) is 47.6 Å². The Bertz CT molecular complexity index is 1930. The van der Waals surface area contributed by atoms with Crippen molar-refractivity contribution >= 4 is 40.0 Å². The van der Waals surface area contributed by atoms with Crippen LogP contribution in [0.15, 0.2) is 52.9 Å². The molecule has 1 saturated heterocycles. The van der Waals surface area contributed by atoms with Crippen LogP contribution in [0.25, 0.3) is 44.3 Å². The van der Waals surface area contributed by atoms with Crippen LogP contribution in [0, 0.1) is 19.8 Å². The minimum Gasteiger partial charge on any atom is -0.481 e. The number of thiazole rings is 1. The summed E-state index contributed by atoms with van der Waals surface area (Å²) in [4.78, 5) is 27.5. The van der Waals surface area contributed by atoms with Crippen molar-refractivity contribution in [1.29, 1.82) is 0 Å². The number of fused-ring (bicyclic) bond motifs is 2. The summed E-state index contributed by atoms with van der Waals surface area (Å²) in [6.07, 6.45) is 1.67. The molecular weight excluding hydrogens is 604 g/mol. The minimum absolute atomic E-state index is 0.315. The van der Waals surface area contributed by atoms with Gasteiger partial charge in [-0.25, -0.2) is 9.97 Å². The highest BCUT2D eigenvalue weighted by molar-refractivity contribution is 7.15. The second kappa shape index (κ2) is 12.0. The number of carbonyl (C=O) groups is 1. The van der Waals surface area contributed by atoms with Crippen molar-refractivity contribution in [2.75, 3.05) is 19.6 Å². The SMILES string of the molecule is Cc1c(-c2nc3cc(CN4CC[C@@H](C(=O)O)C4)cc(Cl)c3o2)cccc1-c1cccc(-c2nc3c(s2)CN(C(C)C)CC3)c1C. The number of rotatable bonds is 7. The number of hydrogen-bond donors (Lipinski definition) is 1. The van der Waals surface area contributed by atoms with Crippen LogP contribution in [0.2, 0.25) is 5.02 Å². The zero-order chi connectivity index (χ0) is 31.4. The maximum Gasteiger partial charge on any atom is 0.307 e. The Morgan fingerprint density at radius 2 is 1.76 bits per heavy atom. The monoisotopic (exact) mass is 640 g/mol. The third-order valence-corrected chi connectivity index (χ3v) is 10.8. The first-order valence-corrected chi connectivity index (χ1v) is 16.8. The van der Waals surface area contributed by atoms with Crippen LogP contribution in [0.1, 0.15) is 47.5 Å². The molecule has 2 aliphatic heterocycles. The molecule has 0 radical (unpaired) electrons. The summed E-state index contributed by atoms with van der Waals surface area (Å²) in [5, 5.41) is 11.0. The van der Waals surface area contributed by atoms with E-state index in [4.69, 9.17) is 26.0 Å². The predicted octanol–water partition coefficient (Wildman–Crippen LogP) is 8.23. The molecule has 0 saturated carbocycles. The molecule has 7 rings (SSSR count). The molecule has 0 unspecified atom stereocenters. The number of likely N-dealkylation sites (tertiary alicyclic amines) is 1. The number of carboxylic acid groups (broad SMARTS) is 1. The molecular formula is C36H37ClN4O3S. The molecule has 1 fully saturated rings. The van der Waals surface area contributed by atoms with E-state index in [1.807, 2.05) is 29.5 Å². The Balaban J connectivity index is 1.19. The topological polar surface area (TPSA) is 82.7 Å². The van der Waals surface area contributed by atoms with Gasteiger partial charge in [-0.3, -0.25) is 14.6 Å². The quantitative estimate of drug-likeness (QED) is 0.192. The van der Waals surface area contributed by atoms with Gasteiger partial charge in [0, 0.05) is 54.6 Å². The van der Waals surface area contributed by atoms with Crippen LogP contribution >= 0.6 is 22.9 Å². The summed E-state index contributed by atoms with van der Waals surface area (Å²) in [5.74, 6) is -0.511. The Hall–Kier alpha value is -3.56. The van der Waals surface area contributed by atoms with Crippen LogP contribution in [-0.4, -0.2) is 56.5 Å². The van der Waals surface area contributed by atoms with Crippen molar-refractivity contribution in [3.05, 3.63) is 80.8 Å². The molecule has 0 bridgehead atoms. The molecule has 2 aromatic heterocycles. The molecule has 4 heterocycles. The molecule has 0 spiro atoms. The molecule has 1 atom stereocenters. The highest BCUT2D eigenvalue weighted by Gasteiger charge is 2.28. The molecule has 1 N–H and O–H groups in total. The summed E-state index contributed by atoms with van der Waals surface area (Å²) in [6, 6.07) is 17.2. The first-order valence-electron chi connectivity index (χ1n) is 15.6. The van der Waals surface area contributed by atoms with Gasteiger partial charge in [0.15, 0.2) is 5.58 Å². The van der Waals surface area contributed by atoms with Gasteiger partial charge in [-0.05, 0) is 86.7 Å². The molecule has 0 aliphatic carbocycles. The van der Waals surface area contributed by atoms with Crippen LogP contribution in [-0.2, 0) is 24.3 Å². The first-order chi connectivity index (χ1) is 21.7. The number of benzene rings is 3. The van der Waals surface area contributed by atoms with Gasteiger partial charge in [-0.2, -0.15) is 0 Å². The smallest absolute Gasteiger partial charge is 0.307 e. The van der Waals surface area contributed by atoms with E-state index in [1.54, 1.807) is 0 Å². The minimum atomic E-state index is -0.730. The van der Waals surface area contributed by atoms with Gasteiger partial charge >= 0.3 is 5.97 Å². The third-order valence-electron chi connectivity index (χ3n) is 9.44. The van der Waals surface area contributed by atoms with E-state index in [-0.39, 0.29) is 5.92 Å². The number of aromatic nitrogens is 2. The van der Waals surface area contributed by atoms with E-state index in [0.717, 1.165) is 53.3 Å². The van der Waals surface area contributed by atoms with Crippen molar-refractivity contribution in [3.8, 4) is 33.2 Å². The standard InChI is InChI=1S/C36H37ClN4O3S/c1-20(2)41-14-12-30-32(19-41)45-35(39-30)28-10-6-8-26(22(28)4)25-7-5-9-27(21(25)3)34-38-31-16-23(15-29(37)33(31)44-34)17-40-13-11-24(18-40)36(42)43/h5-10,15-16,20,24H,11-14,17-19H2,1-4H3,(H,42,43)/t24-/m1/s1. The average molecular weight is 641 g/mol. The van der Waals surface area contributed by atoms with E-state index in [2.05, 4.69) is 67.8 Å². The number of hydrogen-bond acceptors (Lipinski definition) is 7. The highest BCUT2D eigenvalue weighted by Crippen LogP contribution is 2.40. The summed E-state index contributed by atoms with van der Waals surface area (Å²) in [5.41, 5.74) is 10.2. The molecule has 45 heavy (non-hydrogen) atoms. The lowest BCUT2D eigenvalue weighted by Crippen LogP contribution is -2.35. The number of aliphatic carboxylic acids is 1. The molecule has 2 aliphatic rings. The van der Waals surface area contributed by atoms with Crippen LogP contribution in [0.5, 0.6) is 0 Å². The van der Waals surface area contributed by atoms with Gasteiger partial charge in [0.1, 0.15) is 10.5 Å². The van der Waals surface area contributed by atoms with Crippen molar-refractivity contribution in [3.63, 3.8) is 0 Å². The van der Waals surface area contributed by atoms with Crippen molar-refractivity contribution in [1.82, 2.24) is 19.8 Å². The zero-order valence-electron chi connectivity index (χ0n) is 26.1. The second-order valence-electron chi connectivity index (χ2n) is 12.7. The summed E-state index contributed by atoms with van der Waals surface area (Å²) < 4.78 is 6.28. The van der Waals surface area contributed by atoms with E-state index >= 15 is 0 Å². The lowest BCUT2D eigenvalue weighted by molar-refractivity contribution is -0.141. The van der Waals surface area contributed by atoms with Gasteiger partial charge in [-0.1, -0.05) is 41.9 Å². The molecule has 7 nitrogen and oxygen atoms in total. The fourth-order valence-corrected chi connectivity index (χ4v) is 8.27. The second-order valence-corrected chi connectivity index (χ2v) is 14.2. The lowest BCUT2D eigenvalue weighted by Gasteiger charge is -2.29. The molecule has 9 heteroatoms. The Kier molecular flexibility index (Phi) is 8.02. The van der Waals surface area contributed by atoms with E-state index < -0.39 is 5.97 Å². The maximum atomic E-state index is 11.4. The largest absolute Gasteiger partial charge is 0.481 e. The summed E-state index contributed by atoms with van der Waals surface area (Å²) in [6.45, 7) is 12.8. The number of carboxylic acids is 1. The molecule has 3 aromatic carbocycles. The Morgan fingerprint density at radius 3 is 2.47 bits per heavy atom.